The average Bonchev–Trinajstić information content (AvgIpc) is 2.42. The van der Waals surface area contributed by atoms with Crippen LogP contribution in [0.4, 0.5) is 5.69 Å². The Morgan fingerprint density at radius 1 is 1.53 bits per heavy atom. The number of nitro groups is 1. The van der Waals surface area contributed by atoms with Crippen LogP contribution in [0, 0.1) is 22.2 Å². The molecular weight excluding hydrogens is 200 g/mol. The van der Waals surface area contributed by atoms with Gasteiger partial charge in [-0.3, -0.25) is 10.1 Å². The zero-order chi connectivity index (χ0) is 11.2. The number of hydrogen-bond acceptors (Lipinski definition) is 4. The van der Waals surface area contributed by atoms with E-state index in [1.165, 1.54) is 16.8 Å². The fourth-order valence-electron chi connectivity index (χ4n) is 1.63. The molecule has 0 amide bonds. The van der Waals surface area contributed by atoms with Gasteiger partial charge in [-0.05, 0) is 6.92 Å². The highest BCUT2D eigenvalue weighted by molar-refractivity contribution is 5.78. The second-order valence-electron chi connectivity index (χ2n) is 3.27. The van der Waals surface area contributed by atoms with E-state index in [0.29, 0.717) is 15.9 Å². The Bertz CT molecular complexity index is 561. The van der Waals surface area contributed by atoms with E-state index in [2.05, 4.69) is 5.21 Å². The first-order valence-electron chi connectivity index (χ1n) is 4.22. The predicted molar refractivity (Wildman–Crippen MR) is 51.1 cm³/mol. The lowest BCUT2D eigenvalue weighted by Gasteiger charge is -1.95. The van der Waals surface area contributed by atoms with Gasteiger partial charge >= 0.3 is 0 Å². The Balaban J connectivity index is 2.87. The molecule has 1 aromatic carbocycles. The maximum atomic E-state index is 11.3. The van der Waals surface area contributed by atoms with Crippen molar-refractivity contribution in [3.8, 4) is 0 Å². The van der Waals surface area contributed by atoms with Gasteiger partial charge < -0.3 is 5.21 Å². The molecule has 0 saturated heterocycles. The molecule has 7 nitrogen and oxygen atoms in total. The first-order valence-corrected chi connectivity index (χ1v) is 4.22. The van der Waals surface area contributed by atoms with Gasteiger partial charge in [-0.1, -0.05) is 0 Å². The number of non-ortho nitro benzene ring substituents is 1. The van der Waals surface area contributed by atoms with Crippen LogP contribution < -0.4 is 4.85 Å². The number of rotatable bonds is 1. The van der Waals surface area contributed by atoms with E-state index in [9.17, 15) is 15.3 Å². The number of aromatic nitrogens is 3. The Morgan fingerprint density at radius 2 is 2.20 bits per heavy atom. The Morgan fingerprint density at radius 3 is 2.80 bits per heavy atom. The van der Waals surface area contributed by atoms with E-state index in [0.717, 1.165) is 0 Å². The number of benzene rings is 1. The van der Waals surface area contributed by atoms with Crippen LogP contribution in [0.3, 0.4) is 0 Å². The van der Waals surface area contributed by atoms with E-state index < -0.39 is 4.92 Å². The third-order valence-electron chi connectivity index (χ3n) is 2.22. The summed E-state index contributed by atoms with van der Waals surface area (Å²) in [6, 6.07) is 2.65. The molecule has 0 bridgehead atoms. The zero-order valence-corrected chi connectivity index (χ0v) is 8.17. The van der Waals surface area contributed by atoms with Gasteiger partial charge in [0.05, 0.1) is 16.2 Å². The highest BCUT2D eigenvalue weighted by atomic mass is 16.6. The van der Waals surface area contributed by atoms with Crippen molar-refractivity contribution in [1.29, 1.82) is 0 Å². The van der Waals surface area contributed by atoms with Crippen LogP contribution >= 0.6 is 0 Å². The van der Waals surface area contributed by atoms with Crippen LogP contribution in [-0.4, -0.2) is 14.8 Å². The lowest BCUT2D eigenvalue weighted by atomic mass is 10.2. The molecule has 15 heavy (non-hydrogen) atoms. The van der Waals surface area contributed by atoms with Gasteiger partial charge in [0, 0.05) is 11.6 Å². The van der Waals surface area contributed by atoms with Crippen molar-refractivity contribution in [3.63, 3.8) is 0 Å². The van der Waals surface area contributed by atoms with Crippen molar-refractivity contribution in [1.82, 2.24) is 9.90 Å². The van der Waals surface area contributed by atoms with Crippen molar-refractivity contribution < 1.29 is 9.77 Å². The second-order valence-corrected chi connectivity index (χ2v) is 3.27. The minimum atomic E-state index is -0.528. The van der Waals surface area contributed by atoms with E-state index in [4.69, 9.17) is 0 Å². The van der Waals surface area contributed by atoms with Gasteiger partial charge in [-0.25, -0.2) is 0 Å². The molecule has 0 atom stereocenters. The Labute approximate surface area is 84.2 Å². The molecule has 78 valence electrons. The van der Waals surface area contributed by atoms with Gasteiger partial charge in [-0.15, -0.1) is 9.53 Å². The van der Waals surface area contributed by atoms with Crippen LogP contribution in [-0.2, 0) is 7.05 Å². The lowest BCUT2D eigenvalue weighted by molar-refractivity contribution is -0.646. The normalized spacial score (nSPS) is 10.8. The SMILES string of the molecule is Cc1cc([N+](=O)[O-])cc2c1n(C)n[n+]2[O-]. The van der Waals surface area contributed by atoms with Crippen molar-refractivity contribution in [3.05, 3.63) is 33.0 Å². The third-order valence-corrected chi connectivity index (χ3v) is 2.22. The van der Waals surface area contributed by atoms with E-state index in [1.54, 1.807) is 14.0 Å². The summed E-state index contributed by atoms with van der Waals surface area (Å²) in [5, 5.41) is 25.5. The summed E-state index contributed by atoms with van der Waals surface area (Å²) in [6.45, 7) is 1.71. The number of fused-ring (bicyclic) bond motifs is 1. The van der Waals surface area contributed by atoms with E-state index >= 15 is 0 Å². The maximum Gasteiger partial charge on any atom is 0.274 e. The standard InChI is InChI=1S/C8H8N4O3/c1-5-3-6(12(14)15)4-7-8(5)10(2)9-11(7)13/h3-4H,1-2H3. The topological polar surface area (TPSA) is 87.9 Å². The molecule has 0 radical (unpaired) electrons. The number of nitro benzene ring substituents is 1. The largest absolute Gasteiger partial charge is 0.691 e. The molecule has 0 fully saturated rings. The number of aryl methyl sites for hydroxylation is 2. The molecule has 0 saturated carbocycles. The maximum absolute atomic E-state index is 11.3. The van der Waals surface area contributed by atoms with Crippen LogP contribution in [0.5, 0.6) is 0 Å². The van der Waals surface area contributed by atoms with Gasteiger partial charge in [0.25, 0.3) is 5.69 Å². The molecule has 1 heterocycles. The predicted octanol–water partition coefficient (Wildman–Crippen LogP) is 0.423. The average molecular weight is 208 g/mol. The molecule has 2 rings (SSSR count). The van der Waals surface area contributed by atoms with Crippen LogP contribution in [0.25, 0.3) is 11.0 Å². The van der Waals surface area contributed by atoms with Gasteiger partial charge in [-0.2, -0.15) is 0 Å². The van der Waals surface area contributed by atoms with Crippen LogP contribution in [0.1, 0.15) is 5.56 Å². The zero-order valence-electron chi connectivity index (χ0n) is 8.17. The van der Waals surface area contributed by atoms with Gasteiger partial charge in [0.15, 0.2) is 0 Å². The van der Waals surface area contributed by atoms with Crippen molar-refractivity contribution in [2.75, 3.05) is 0 Å². The van der Waals surface area contributed by atoms with Crippen molar-refractivity contribution >= 4 is 16.7 Å². The molecule has 0 aliphatic heterocycles. The smallest absolute Gasteiger partial charge is 0.274 e. The third kappa shape index (κ3) is 1.28. The molecule has 2 aromatic rings. The first kappa shape index (κ1) is 9.38. The molecular formula is C8H8N4O3. The fraction of sp³-hybridized carbons (Fsp3) is 0.250. The molecule has 0 aliphatic rings. The lowest BCUT2D eigenvalue weighted by Crippen LogP contribution is -2.29. The Hall–Kier alpha value is -2.18. The molecule has 0 spiro atoms. The van der Waals surface area contributed by atoms with Crippen LogP contribution in [0.2, 0.25) is 0 Å². The summed E-state index contributed by atoms with van der Waals surface area (Å²) in [5.41, 5.74) is 1.38. The minimum Gasteiger partial charge on any atom is -0.691 e. The number of nitrogens with zero attached hydrogens (tertiary/aromatic N) is 4. The molecule has 7 heteroatoms. The van der Waals surface area contributed by atoms with E-state index in [1.807, 2.05) is 0 Å². The fourth-order valence-corrected chi connectivity index (χ4v) is 1.63. The second kappa shape index (κ2) is 2.91. The number of hydrogen-bond donors (Lipinski definition) is 0. The highest BCUT2D eigenvalue weighted by Crippen LogP contribution is 2.21. The van der Waals surface area contributed by atoms with E-state index in [-0.39, 0.29) is 11.2 Å². The summed E-state index contributed by atoms with van der Waals surface area (Å²) in [4.78, 5) is 10.4. The molecule has 0 unspecified atom stereocenters. The summed E-state index contributed by atoms with van der Waals surface area (Å²) in [6.07, 6.45) is 0. The van der Waals surface area contributed by atoms with Gasteiger partial charge in [0.2, 0.25) is 11.0 Å². The van der Waals surface area contributed by atoms with Gasteiger partial charge in [0.1, 0.15) is 7.05 Å². The summed E-state index contributed by atoms with van der Waals surface area (Å²) < 4.78 is 1.40. The van der Waals surface area contributed by atoms with Crippen LogP contribution in [0.15, 0.2) is 12.1 Å². The minimum absolute atomic E-state index is 0.0994. The molecule has 0 N–H and O–H groups in total. The Kier molecular flexibility index (Phi) is 1.82. The first-order chi connectivity index (χ1) is 7.00. The highest BCUT2D eigenvalue weighted by Gasteiger charge is 2.19. The monoisotopic (exact) mass is 208 g/mol. The van der Waals surface area contributed by atoms with Crippen molar-refractivity contribution in [2.24, 2.45) is 7.05 Å². The quantitative estimate of drug-likeness (QED) is 0.294. The molecule has 0 aliphatic carbocycles. The summed E-state index contributed by atoms with van der Waals surface area (Å²) >= 11 is 0. The summed E-state index contributed by atoms with van der Waals surface area (Å²) in [5.74, 6) is 0. The summed E-state index contributed by atoms with van der Waals surface area (Å²) in [7, 11) is 1.62. The molecule has 1 aromatic heterocycles. The van der Waals surface area contributed by atoms with Crippen molar-refractivity contribution in [2.45, 2.75) is 6.92 Å².